The van der Waals surface area contributed by atoms with Gasteiger partial charge in [-0.3, -0.25) is 9.79 Å². The summed E-state index contributed by atoms with van der Waals surface area (Å²) >= 11 is 2.04. The molecule has 1 atom stereocenters. The lowest BCUT2D eigenvalue weighted by Gasteiger charge is -2.34. The minimum absolute atomic E-state index is 0. The fourth-order valence-electron chi connectivity index (χ4n) is 2.59. The molecule has 146 valence electrons. The molecule has 2 N–H and O–H groups in total. The quantitative estimate of drug-likeness (QED) is 0.364. The minimum atomic E-state index is -0.0587. The largest absolute Gasteiger partial charge is 0.357 e. The topological polar surface area (TPSA) is 69.6 Å². The minimum Gasteiger partial charge on any atom is -0.357 e. The van der Waals surface area contributed by atoms with E-state index in [0.717, 1.165) is 36.9 Å². The summed E-state index contributed by atoms with van der Waals surface area (Å²) in [7, 11) is 0. The molecule has 0 aliphatic carbocycles. The molecule has 1 saturated heterocycles. The number of aromatic nitrogens is 1. The molecule has 2 heterocycles. The van der Waals surface area contributed by atoms with Gasteiger partial charge in [0, 0.05) is 43.3 Å². The third-order valence-corrected chi connectivity index (χ3v) is 5.38. The van der Waals surface area contributed by atoms with E-state index < -0.39 is 0 Å². The number of amides is 1. The van der Waals surface area contributed by atoms with Crippen LogP contribution in [0.2, 0.25) is 0 Å². The Morgan fingerprint density at radius 3 is 2.88 bits per heavy atom. The highest BCUT2D eigenvalue weighted by atomic mass is 127. The Bertz CT molecular complexity index is 581. The van der Waals surface area contributed by atoms with E-state index in [1.54, 1.807) is 6.20 Å². The second-order valence-electron chi connectivity index (χ2n) is 6.10. The summed E-state index contributed by atoms with van der Waals surface area (Å²) in [6.45, 7) is 9.60. The molecule has 1 aliphatic rings. The van der Waals surface area contributed by atoms with Crippen molar-refractivity contribution < 1.29 is 4.79 Å². The summed E-state index contributed by atoms with van der Waals surface area (Å²) < 4.78 is 0. The number of nitrogens with one attached hydrogen (secondary N) is 2. The smallest absolute Gasteiger partial charge is 0.227 e. The van der Waals surface area contributed by atoms with Crippen LogP contribution in [0.3, 0.4) is 0 Å². The number of guanidine groups is 1. The molecule has 0 radical (unpaired) electrons. The lowest BCUT2D eigenvalue weighted by atomic mass is 10.3. The summed E-state index contributed by atoms with van der Waals surface area (Å²) in [6, 6.07) is 3.75. The second kappa shape index (κ2) is 12.4. The third-order valence-electron chi connectivity index (χ3n) is 4.01. The van der Waals surface area contributed by atoms with Gasteiger partial charge in [-0.25, -0.2) is 4.98 Å². The zero-order valence-corrected chi connectivity index (χ0v) is 19.0. The van der Waals surface area contributed by atoms with Crippen molar-refractivity contribution in [2.24, 2.45) is 4.99 Å². The summed E-state index contributed by atoms with van der Waals surface area (Å²) in [4.78, 5) is 23.2. The fraction of sp³-hybridized carbons (Fsp3) is 0.611. The van der Waals surface area contributed by atoms with Gasteiger partial charge in [0.15, 0.2) is 5.96 Å². The molecule has 0 spiro atoms. The van der Waals surface area contributed by atoms with Crippen LogP contribution in [-0.2, 0) is 4.79 Å². The van der Waals surface area contributed by atoms with Crippen molar-refractivity contribution >= 4 is 53.4 Å². The van der Waals surface area contributed by atoms with E-state index >= 15 is 0 Å². The third kappa shape index (κ3) is 7.69. The predicted octanol–water partition coefficient (Wildman–Crippen LogP) is 3.13. The summed E-state index contributed by atoms with van der Waals surface area (Å²) in [5.41, 5.74) is 1.07. The van der Waals surface area contributed by atoms with Crippen molar-refractivity contribution in [2.75, 3.05) is 37.2 Å². The molecule has 0 saturated carbocycles. The molecule has 2 rings (SSSR count). The first-order valence-electron chi connectivity index (χ1n) is 8.99. The van der Waals surface area contributed by atoms with Crippen LogP contribution in [0.4, 0.5) is 5.82 Å². The first-order valence-corrected chi connectivity index (χ1v) is 10.0. The van der Waals surface area contributed by atoms with Gasteiger partial charge in [-0.15, -0.1) is 24.0 Å². The van der Waals surface area contributed by atoms with Crippen molar-refractivity contribution in [1.82, 2.24) is 15.2 Å². The van der Waals surface area contributed by atoms with Crippen LogP contribution in [0.25, 0.3) is 0 Å². The van der Waals surface area contributed by atoms with E-state index in [2.05, 4.69) is 39.4 Å². The molecule has 1 aliphatic heterocycles. The highest BCUT2D eigenvalue weighted by molar-refractivity contribution is 14.0. The number of pyridine rings is 1. The normalized spacial score (nSPS) is 17.4. The average Bonchev–Trinajstić information content (AvgIpc) is 2.63. The van der Waals surface area contributed by atoms with E-state index in [1.807, 2.05) is 30.8 Å². The Morgan fingerprint density at radius 1 is 1.42 bits per heavy atom. The van der Waals surface area contributed by atoms with Gasteiger partial charge in [-0.1, -0.05) is 13.0 Å². The molecule has 1 fully saturated rings. The summed E-state index contributed by atoms with van der Waals surface area (Å²) in [6.07, 6.45) is 3.27. The van der Waals surface area contributed by atoms with Crippen molar-refractivity contribution in [2.45, 2.75) is 38.9 Å². The molecule has 0 aromatic carbocycles. The van der Waals surface area contributed by atoms with Crippen molar-refractivity contribution in [3.05, 3.63) is 23.9 Å². The maximum Gasteiger partial charge on any atom is 0.227 e. The Balaban J connectivity index is 0.00000338. The summed E-state index contributed by atoms with van der Waals surface area (Å²) in [5.74, 6) is 2.58. The van der Waals surface area contributed by atoms with Crippen LogP contribution in [-0.4, -0.2) is 58.9 Å². The zero-order chi connectivity index (χ0) is 18.1. The first kappa shape index (κ1) is 23.0. The molecule has 1 aromatic heterocycles. The van der Waals surface area contributed by atoms with E-state index in [1.165, 1.54) is 6.42 Å². The number of anilines is 1. The van der Waals surface area contributed by atoms with Crippen LogP contribution in [0, 0.1) is 6.92 Å². The molecule has 1 aromatic rings. The Kier molecular flexibility index (Phi) is 11.0. The van der Waals surface area contributed by atoms with Gasteiger partial charge in [-0.05, 0) is 31.9 Å². The van der Waals surface area contributed by atoms with Crippen LogP contribution in [0.5, 0.6) is 0 Å². The lowest BCUT2D eigenvalue weighted by molar-refractivity contribution is -0.116. The molecule has 8 heteroatoms. The highest BCUT2D eigenvalue weighted by Gasteiger charge is 2.21. The first-order chi connectivity index (χ1) is 12.1. The lowest BCUT2D eigenvalue weighted by Crippen LogP contribution is -2.48. The second-order valence-corrected chi connectivity index (χ2v) is 7.51. The standard InChI is InChI=1S/C18H29N5OS.HI/c1-4-15-13-23(10-11-25-15)18(19-5-2)20-9-8-17(24)22-16-7-6-14(3)12-21-16;/h6-7,12,15H,4-5,8-11,13H2,1-3H3,(H,19,20)(H,21,22,24);1H. The highest BCUT2D eigenvalue weighted by Crippen LogP contribution is 2.21. The van der Waals surface area contributed by atoms with Gasteiger partial charge in [0.05, 0.1) is 6.54 Å². The van der Waals surface area contributed by atoms with Gasteiger partial charge < -0.3 is 15.5 Å². The van der Waals surface area contributed by atoms with E-state index in [-0.39, 0.29) is 29.9 Å². The predicted molar refractivity (Wildman–Crippen MR) is 122 cm³/mol. The zero-order valence-electron chi connectivity index (χ0n) is 15.8. The van der Waals surface area contributed by atoms with Crippen molar-refractivity contribution in [1.29, 1.82) is 0 Å². The molecular formula is C18H30IN5OS. The Morgan fingerprint density at radius 2 is 2.23 bits per heavy atom. The maximum atomic E-state index is 12.1. The molecule has 6 nitrogen and oxygen atoms in total. The van der Waals surface area contributed by atoms with Crippen LogP contribution in [0.15, 0.2) is 23.3 Å². The number of thioether (sulfide) groups is 1. The van der Waals surface area contributed by atoms with Gasteiger partial charge in [-0.2, -0.15) is 11.8 Å². The van der Waals surface area contributed by atoms with Gasteiger partial charge in [0.25, 0.3) is 0 Å². The Labute approximate surface area is 178 Å². The SMILES string of the molecule is CCNC(=NCCC(=O)Nc1ccc(C)cn1)N1CCSC(CC)C1.I. The fourth-order valence-corrected chi connectivity index (χ4v) is 3.78. The Hall–Kier alpha value is -1.03. The number of halogens is 1. The van der Waals surface area contributed by atoms with E-state index in [9.17, 15) is 4.79 Å². The number of hydrogen-bond acceptors (Lipinski definition) is 4. The van der Waals surface area contributed by atoms with E-state index in [4.69, 9.17) is 0 Å². The van der Waals surface area contributed by atoms with Gasteiger partial charge in [0.1, 0.15) is 5.82 Å². The number of carbonyl (C=O) groups is 1. The molecule has 1 unspecified atom stereocenters. The van der Waals surface area contributed by atoms with E-state index in [0.29, 0.717) is 24.0 Å². The van der Waals surface area contributed by atoms with Crippen LogP contribution >= 0.6 is 35.7 Å². The van der Waals surface area contributed by atoms with Crippen LogP contribution in [0.1, 0.15) is 32.3 Å². The van der Waals surface area contributed by atoms with Gasteiger partial charge >= 0.3 is 0 Å². The molecular weight excluding hydrogens is 461 g/mol. The summed E-state index contributed by atoms with van der Waals surface area (Å²) in [5, 5.41) is 6.82. The van der Waals surface area contributed by atoms with Crippen LogP contribution < -0.4 is 10.6 Å². The number of hydrogen-bond donors (Lipinski definition) is 2. The maximum absolute atomic E-state index is 12.1. The average molecular weight is 491 g/mol. The van der Waals surface area contributed by atoms with Crippen molar-refractivity contribution in [3.63, 3.8) is 0 Å². The van der Waals surface area contributed by atoms with Crippen molar-refractivity contribution in [3.8, 4) is 0 Å². The number of aryl methyl sites for hydroxylation is 1. The van der Waals surface area contributed by atoms with Gasteiger partial charge in [0.2, 0.25) is 5.91 Å². The number of rotatable bonds is 6. The molecule has 26 heavy (non-hydrogen) atoms. The molecule has 1 amide bonds. The number of nitrogens with zero attached hydrogens (tertiary/aromatic N) is 3. The number of aliphatic imine (C=N–C) groups is 1. The molecule has 0 bridgehead atoms. The number of carbonyl (C=O) groups excluding carboxylic acids is 1. The monoisotopic (exact) mass is 491 g/mol.